The van der Waals surface area contributed by atoms with Gasteiger partial charge in [0.25, 0.3) is 0 Å². The number of hydrogen-bond acceptors (Lipinski definition) is 2. The van der Waals surface area contributed by atoms with E-state index in [1.807, 2.05) is 6.08 Å². The van der Waals surface area contributed by atoms with Gasteiger partial charge in [-0.05, 0) is 42.4 Å². The van der Waals surface area contributed by atoms with Crippen molar-refractivity contribution in [1.82, 2.24) is 4.90 Å². The third-order valence-electron chi connectivity index (χ3n) is 4.89. The molecule has 1 saturated carbocycles. The monoisotopic (exact) mass is 353 g/mol. The maximum absolute atomic E-state index is 12.8. The molecule has 0 spiro atoms. The van der Waals surface area contributed by atoms with E-state index in [0.29, 0.717) is 17.9 Å². The number of carboxylic acid groups (broad SMARTS) is 1. The fourth-order valence-electron chi connectivity index (χ4n) is 3.69. The standard InChI is InChI=1S/C18H18F3NO3/c19-18(20,21)14-5-2-11(3-6-14)9-22(10-16(23)24)17(25)15-8-12-1-4-13(15)7-12/h1-6,12-13,15H,7-10H2,(H,23,24). The van der Waals surface area contributed by atoms with Crippen LogP contribution in [0.1, 0.15) is 24.0 Å². The number of carboxylic acids is 1. The first-order valence-electron chi connectivity index (χ1n) is 8.09. The zero-order chi connectivity index (χ0) is 18.2. The molecule has 1 aromatic rings. The Labute approximate surface area is 142 Å². The summed E-state index contributed by atoms with van der Waals surface area (Å²) in [5.41, 5.74) is -0.299. The number of carbonyl (C=O) groups is 2. The summed E-state index contributed by atoms with van der Waals surface area (Å²) >= 11 is 0. The van der Waals surface area contributed by atoms with E-state index in [2.05, 4.69) is 6.08 Å². The van der Waals surface area contributed by atoms with Crippen LogP contribution in [0.15, 0.2) is 36.4 Å². The topological polar surface area (TPSA) is 57.6 Å². The smallest absolute Gasteiger partial charge is 0.416 e. The van der Waals surface area contributed by atoms with Gasteiger partial charge in [0, 0.05) is 12.5 Å². The van der Waals surface area contributed by atoms with E-state index in [1.54, 1.807) is 0 Å². The first-order valence-corrected chi connectivity index (χ1v) is 8.09. The minimum Gasteiger partial charge on any atom is -0.480 e. The molecule has 0 saturated heterocycles. The number of amides is 1. The maximum atomic E-state index is 12.8. The fourth-order valence-corrected chi connectivity index (χ4v) is 3.69. The van der Waals surface area contributed by atoms with Crippen LogP contribution in [0, 0.1) is 17.8 Å². The van der Waals surface area contributed by atoms with E-state index >= 15 is 0 Å². The van der Waals surface area contributed by atoms with Crippen molar-refractivity contribution in [2.75, 3.05) is 6.54 Å². The normalized spacial score (nSPS) is 24.5. The summed E-state index contributed by atoms with van der Waals surface area (Å²) in [6, 6.07) is 4.45. The number of hydrogen-bond donors (Lipinski definition) is 1. The van der Waals surface area contributed by atoms with Gasteiger partial charge in [-0.2, -0.15) is 13.2 Å². The Morgan fingerprint density at radius 1 is 1.12 bits per heavy atom. The van der Waals surface area contributed by atoms with Crippen LogP contribution in [0.3, 0.4) is 0 Å². The lowest BCUT2D eigenvalue weighted by Gasteiger charge is -2.27. The number of nitrogens with zero attached hydrogens (tertiary/aromatic N) is 1. The molecule has 3 rings (SSSR count). The van der Waals surface area contributed by atoms with Crippen LogP contribution in [-0.2, 0) is 22.3 Å². The molecule has 1 aromatic carbocycles. The number of halogens is 3. The van der Waals surface area contributed by atoms with Crippen molar-refractivity contribution in [3.8, 4) is 0 Å². The molecule has 0 aromatic heterocycles. The molecule has 7 heteroatoms. The minimum atomic E-state index is -4.43. The lowest BCUT2D eigenvalue weighted by molar-refractivity contribution is -0.147. The van der Waals surface area contributed by atoms with Crippen LogP contribution in [0.25, 0.3) is 0 Å². The second-order valence-electron chi connectivity index (χ2n) is 6.67. The van der Waals surface area contributed by atoms with Gasteiger partial charge >= 0.3 is 12.1 Å². The van der Waals surface area contributed by atoms with E-state index in [9.17, 15) is 22.8 Å². The number of alkyl halides is 3. The molecule has 1 N–H and O–H groups in total. The predicted octanol–water partition coefficient (Wildman–Crippen LogP) is 3.33. The molecule has 3 unspecified atom stereocenters. The Balaban J connectivity index is 1.73. The summed E-state index contributed by atoms with van der Waals surface area (Å²) in [5.74, 6) is -1.10. The summed E-state index contributed by atoms with van der Waals surface area (Å²) in [4.78, 5) is 25.1. The van der Waals surface area contributed by atoms with Crippen molar-refractivity contribution in [2.24, 2.45) is 17.8 Å². The van der Waals surface area contributed by atoms with E-state index in [4.69, 9.17) is 5.11 Å². The molecular formula is C18H18F3NO3. The quantitative estimate of drug-likeness (QED) is 0.826. The van der Waals surface area contributed by atoms with Gasteiger partial charge in [0.2, 0.25) is 5.91 Å². The molecule has 1 amide bonds. The average Bonchev–Trinajstić information content (AvgIpc) is 3.16. The number of aliphatic carboxylic acids is 1. The lowest BCUT2D eigenvalue weighted by atomic mass is 9.92. The van der Waals surface area contributed by atoms with Gasteiger partial charge in [-0.3, -0.25) is 9.59 Å². The molecule has 2 aliphatic carbocycles. The maximum Gasteiger partial charge on any atom is 0.416 e. The Morgan fingerprint density at radius 3 is 2.28 bits per heavy atom. The Hall–Kier alpha value is -2.31. The van der Waals surface area contributed by atoms with Crippen molar-refractivity contribution < 1.29 is 27.9 Å². The molecule has 2 bridgehead atoms. The van der Waals surface area contributed by atoms with Crippen molar-refractivity contribution in [3.05, 3.63) is 47.5 Å². The summed E-state index contributed by atoms with van der Waals surface area (Å²) in [5, 5.41) is 9.08. The van der Waals surface area contributed by atoms with Gasteiger partial charge in [0.15, 0.2) is 0 Å². The first-order chi connectivity index (χ1) is 11.7. The lowest BCUT2D eigenvalue weighted by Crippen LogP contribution is -2.40. The highest BCUT2D eigenvalue weighted by atomic mass is 19.4. The minimum absolute atomic E-state index is 0.0130. The van der Waals surface area contributed by atoms with Gasteiger partial charge < -0.3 is 10.0 Å². The number of fused-ring (bicyclic) bond motifs is 2. The highest BCUT2D eigenvalue weighted by Crippen LogP contribution is 2.44. The van der Waals surface area contributed by atoms with Crippen molar-refractivity contribution in [1.29, 1.82) is 0 Å². The second-order valence-corrected chi connectivity index (χ2v) is 6.67. The average molecular weight is 353 g/mol. The van der Waals surface area contributed by atoms with Crippen molar-refractivity contribution in [2.45, 2.75) is 25.6 Å². The number of benzene rings is 1. The van der Waals surface area contributed by atoms with Gasteiger partial charge in [-0.1, -0.05) is 24.3 Å². The van der Waals surface area contributed by atoms with Gasteiger partial charge in [0.05, 0.1) is 5.56 Å². The van der Waals surface area contributed by atoms with Crippen LogP contribution in [-0.4, -0.2) is 28.4 Å². The molecule has 2 aliphatic rings. The van der Waals surface area contributed by atoms with E-state index in [-0.39, 0.29) is 24.3 Å². The van der Waals surface area contributed by atoms with E-state index < -0.39 is 24.3 Å². The zero-order valence-electron chi connectivity index (χ0n) is 13.4. The number of allylic oxidation sites excluding steroid dienone is 2. The van der Waals surface area contributed by atoms with Gasteiger partial charge in [-0.25, -0.2) is 0 Å². The summed E-state index contributed by atoms with van der Waals surface area (Å²) in [7, 11) is 0. The molecule has 134 valence electrons. The van der Waals surface area contributed by atoms with Gasteiger partial charge in [-0.15, -0.1) is 0 Å². The molecule has 0 radical (unpaired) electrons. The molecule has 1 fully saturated rings. The van der Waals surface area contributed by atoms with Crippen LogP contribution in [0.5, 0.6) is 0 Å². The van der Waals surface area contributed by atoms with Crippen LogP contribution < -0.4 is 0 Å². The largest absolute Gasteiger partial charge is 0.480 e. The summed E-state index contributed by atoms with van der Waals surface area (Å²) in [6.45, 7) is -0.474. The summed E-state index contributed by atoms with van der Waals surface area (Å²) in [6.07, 6.45) is 1.30. The van der Waals surface area contributed by atoms with Crippen molar-refractivity contribution in [3.63, 3.8) is 0 Å². The molecule has 3 atom stereocenters. The third kappa shape index (κ3) is 3.86. The molecule has 4 nitrogen and oxygen atoms in total. The van der Waals surface area contributed by atoms with Crippen LogP contribution >= 0.6 is 0 Å². The highest BCUT2D eigenvalue weighted by Gasteiger charge is 2.41. The first kappa shape index (κ1) is 17.5. The molecule has 0 aliphatic heterocycles. The Morgan fingerprint density at radius 2 is 1.80 bits per heavy atom. The number of carbonyl (C=O) groups excluding carboxylic acids is 1. The Kier molecular flexibility index (Phi) is 4.58. The van der Waals surface area contributed by atoms with Crippen molar-refractivity contribution >= 4 is 11.9 Å². The van der Waals surface area contributed by atoms with E-state index in [1.165, 1.54) is 17.0 Å². The predicted molar refractivity (Wildman–Crippen MR) is 83.3 cm³/mol. The zero-order valence-corrected chi connectivity index (χ0v) is 13.4. The molecule has 0 heterocycles. The fraction of sp³-hybridized carbons (Fsp3) is 0.444. The third-order valence-corrected chi connectivity index (χ3v) is 4.89. The highest BCUT2D eigenvalue weighted by molar-refractivity contribution is 5.84. The van der Waals surface area contributed by atoms with Crippen LogP contribution in [0.2, 0.25) is 0 Å². The number of rotatable bonds is 5. The SMILES string of the molecule is O=C(O)CN(Cc1ccc(C(F)(F)F)cc1)C(=O)C1CC2C=CC1C2. The Bertz CT molecular complexity index is 697. The summed E-state index contributed by atoms with van der Waals surface area (Å²) < 4.78 is 37.9. The van der Waals surface area contributed by atoms with Crippen LogP contribution in [0.4, 0.5) is 13.2 Å². The molecular weight excluding hydrogens is 335 g/mol. The van der Waals surface area contributed by atoms with Gasteiger partial charge in [0.1, 0.15) is 6.54 Å². The molecule has 25 heavy (non-hydrogen) atoms. The second kappa shape index (κ2) is 6.54. The van der Waals surface area contributed by atoms with E-state index in [0.717, 1.165) is 18.6 Å².